The molecule has 8 rings (SSSR count). The Morgan fingerprint density at radius 1 is 0.358 bits per heavy atom. The average Bonchev–Trinajstić information content (AvgIpc) is 3.11. The number of rotatable bonds is 8. The zero-order valence-corrected chi connectivity index (χ0v) is 32.7. The first kappa shape index (κ1) is 34.5. The SMILES string of the molecule is Cc1cc(C)cc(N(c2ccccc2)c2cc(C(C)C)c3ccc4c(N(c5cc(C)cc(C)c5)c5ccccc5C)cc(C(C)C)c5ccc2c3c54)c1. The second-order valence-electron chi connectivity index (χ2n) is 15.8. The molecule has 0 aliphatic rings. The first-order valence-corrected chi connectivity index (χ1v) is 19.2. The van der Waals surface area contributed by atoms with E-state index >= 15 is 0 Å². The van der Waals surface area contributed by atoms with Crippen molar-refractivity contribution >= 4 is 66.4 Å². The van der Waals surface area contributed by atoms with Gasteiger partial charge in [-0.25, -0.2) is 0 Å². The molecule has 0 fully saturated rings. The number of nitrogens with zero attached hydrogens (tertiary/aromatic N) is 2. The maximum absolute atomic E-state index is 2.52. The Balaban J connectivity index is 1.54. The minimum absolute atomic E-state index is 0.330. The van der Waals surface area contributed by atoms with Crippen molar-refractivity contribution in [3.05, 3.63) is 166 Å². The Morgan fingerprint density at radius 3 is 1.25 bits per heavy atom. The van der Waals surface area contributed by atoms with Crippen molar-refractivity contribution in [1.29, 1.82) is 0 Å². The van der Waals surface area contributed by atoms with Crippen LogP contribution in [0.25, 0.3) is 32.3 Å². The lowest BCUT2D eigenvalue weighted by atomic mass is 9.84. The smallest absolute Gasteiger partial charge is 0.0543 e. The molecule has 0 saturated carbocycles. The molecule has 2 nitrogen and oxygen atoms in total. The van der Waals surface area contributed by atoms with Gasteiger partial charge >= 0.3 is 0 Å². The van der Waals surface area contributed by atoms with Crippen LogP contribution in [0.1, 0.15) is 78.5 Å². The fourth-order valence-corrected chi connectivity index (χ4v) is 8.72. The molecule has 0 bridgehead atoms. The van der Waals surface area contributed by atoms with E-state index in [0.29, 0.717) is 11.8 Å². The summed E-state index contributed by atoms with van der Waals surface area (Å²) in [6.45, 7) is 20.4. The molecule has 0 spiro atoms. The molecule has 0 atom stereocenters. The molecular formula is C51H50N2. The van der Waals surface area contributed by atoms with Crippen molar-refractivity contribution < 1.29 is 0 Å². The first-order chi connectivity index (χ1) is 25.5. The normalized spacial score (nSPS) is 11.8. The lowest BCUT2D eigenvalue weighted by Crippen LogP contribution is -2.14. The summed E-state index contributed by atoms with van der Waals surface area (Å²) in [5.74, 6) is 0.661. The first-order valence-electron chi connectivity index (χ1n) is 19.2. The molecule has 0 N–H and O–H groups in total. The highest BCUT2D eigenvalue weighted by molar-refractivity contribution is 6.29. The van der Waals surface area contributed by atoms with E-state index in [2.05, 4.69) is 200 Å². The monoisotopic (exact) mass is 690 g/mol. The predicted molar refractivity (Wildman–Crippen MR) is 231 cm³/mol. The summed E-state index contributed by atoms with van der Waals surface area (Å²) in [4.78, 5) is 5.00. The second-order valence-corrected chi connectivity index (χ2v) is 15.8. The van der Waals surface area contributed by atoms with Gasteiger partial charge in [0, 0.05) is 33.5 Å². The lowest BCUT2D eigenvalue weighted by Gasteiger charge is -2.32. The third kappa shape index (κ3) is 6.01. The number of aryl methyl sites for hydroxylation is 5. The zero-order valence-electron chi connectivity index (χ0n) is 32.7. The zero-order chi connectivity index (χ0) is 37.1. The summed E-state index contributed by atoms with van der Waals surface area (Å²) in [6.07, 6.45) is 0. The van der Waals surface area contributed by atoms with E-state index in [-0.39, 0.29) is 0 Å². The third-order valence-electron chi connectivity index (χ3n) is 10.9. The van der Waals surface area contributed by atoms with Crippen molar-refractivity contribution in [2.75, 3.05) is 9.80 Å². The van der Waals surface area contributed by atoms with Gasteiger partial charge in [0.1, 0.15) is 0 Å². The molecule has 0 amide bonds. The molecule has 0 unspecified atom stereocenters. The fraction of sp³-hybridized carbons (Fsp3) is 0.216. The van der Waals surface area contributed by atoms with Crippen LogP contribution in [0.5, 0.6) is 0 Å². The molecule has 264 valence electrons. The summed E-state index contributed by atoms with van der Waals surface area (Å²) in [5.41, 5.74) is 16.2. The predicted octanol–water partition coefficient (Wildman–Crippen LogP) is 15.3. The molecule has 0 saturated heterocycles. The van der Waals surface area contributed by atoms with Crippen LogP contribution in [-0.4, -0.2) is 0 Å². The Morgan fingerprint density at radius 2 is 0.774 bits per heavy atom. The molecule has 0 aliphatic heterocycles. The van der Waals surface area contributed by atoms with Gasteiger partial charge in [0.25, 0.3) is 0 Å². The quantitative estimate of drug-likeness (QED) is 0.146. The van der Waals surface area contributed by atoms with Gasteiger partial charge < -0.3 is 9.80 Å². The van der Waals surface area contributed by atoms with E-state index in [4.69, 9.17) is 0 Å². The van der Waals surface area contributed by atoms with Crippen LogP contribution in [0.15, 0.2) is 127 Å². The molecule has 0 aliphatic carbocycles. The van der Waals surface area contributed by atoms with E-state index in [1.807, 2.05) is 0 Å². The molecule has 0 aromatic heterocycles. The van der Waals surface area contributed by atoms with E-state index in [0.717, 1.165) is 5.69 Å². The minimum Gasteiger partial charge on any atom is -0.310 e. The summed E-state index contributed by atoms with van der Waals surface area (Å²) in [5, 5.41) is 7.92. The molecule has 0 radical (unpaired) electrons. The maximum Gasteiger partial charge on any atom is 0.0543 e. The number of hydrogen-bond donors (Lipinski definition) is 0. The Hall–Kier alpha value is -5.60. The second kappa shape index (κ2) is 13.4. The van der Waals surface area contributed by atoms with Gasteiger partial charge in [-0.3, -0.25) is 0 Å². The Kier molecular flexibility index (Phi) is 8.74. The van der Waals surface area contributed by atoms with Gasteiger partial charge in [0.2, 0.25) is 0 Å². The number of benzene rings is 8. The molecule has 0 heterocycles. The van der Waals surface area contributed by atoms with Gasteiger partial charge in [-0.05, 0) is 162 Å². The fourth-order valence-electron chi connectivity index (χ4n) is 8.72. The molecule has 53 heavy (non-hydrogen) atoms. The molecular weight excluding hydrogens is 641 g/mol. The van der Waals surface area contributed by atoms with E-state index in [1.165, 1.54) is 99.7 Å². The molecule has 8 aromatic rings. The number of para-hydroxylation sites is 2. The molecule has 2 heteroatoms. The summed E-state index contributed by atoms with van der Waals surface area (Å²) >= 11 is 0. The van der Waals surface area contributed by atoms with Crippen LogP contribution in [-0.2, 0) is 0 Å². The van der Waals surface area contributed by atoms with Crippen LogP contribution in [0, 0.1) is 34.6 Å². The Bertz CT molecular complexity index is 2590. The van der Waals surface area contributed by atoms with Crippen molar-refractivity contribution in [3.8, 4) is 0 Å². The highest BCUT2D eigenvalue weighted by Crippen LogP contribution is 2.51. The van der Waals surface area contributed by atoms with E-state index in [1.54, 1.807) is 0 Å². The van der Waals surface area contributed by atoms with Gasteiger partial charge in [-0.2, -0.15) is 0 Å². The highest BCUT2D eigenvalue weighted by atomic mass is 15.2. The molecule has 8 aromatic carbocycles. The summed E-state index contributed by atoms with van der Waals surface area (Å²) in [6, 6.07) is 48.1. The third-order valence-corrected chi connectivity index (χ3v) is 10.9. The van der Waals surface area contributed by atoms with Crippen LogP contribution < -0.4 is 9.80 Å². The summed E-state index contributed by atoms with van der Waals surface area (Å²) < 4.78 is 0. The van der Waals surface area contributed by atoms with Crippen molar-refractivity contribution in [2.45, 2.75) is 74.1 Å². The van der Waals surface area contributed by atoms with Gasteiger partial charge in [-0.1, -0.05) is 100 Å². The van der Waals surface area contributed by atoms with Crippen LogP contribution >= 0.6 is 0 Å². The minimum atomic E-state index is 0.330. The Labute approximate surface area is 315 Å². The topological polar surface area (TPSA) is 6.48 Å². The average molecular weight is 691 g/mol. The summed E-state index contributed by atoms with van der Waals surface area (Å²) in [7, 11) is 0. The standard InChI is InChI=1S/C51H50N2/c1-31(2)45-29-48(52(38-16-11-10-12-17-38)39-25-33(5)23-34(6)26-39)43-21-19-42-46(32(3)4)30-49(44-22-20-41(45)50(43)51(42)44)53(47-18-14-13-15-37(47)9)40-27-35(7)24-36(8)28-40/h10-32H,1-9H3. The van der Waals surface area contributed by atoms with Crippen LogP contribution in [0.3, 0.4) is 0 Å². The van der Waals surface area contributed by atoms with Crippen molar-refractivity contribution in [2.24, 2.45) is 0 Å². The van der Waals surface area contributed by atoms with Crippen molar-refractivity contribution in [1.82, 2.24) is 0 Å². The largest absolute Gasteiger partial charge is 0.310 e. The maximum atomic E-state index is 2.52. The van der Waals surface area contributed by atoms with Gasteiger partial charge in [0.05, 0.1) is 11.4 Å². The highest BCUT2D eigenvalue weighted by Gasteiger charge is 2.26. The van der Waals surface area contributed by atoms with E-state index < -0.39 is 0 Å². The van der Waals surface area contributed by atoms with Crippen LogP contribution in [0.2, 0.25) is 0 Å². The van der Waals surface area contributed by atoms with Crippen molar-refractivity contribution in [3.63, 3.8) is 0 Å². The lowest BCUT2D eigenvalue weighted by molar-refractivity contribution is 0.875. The number of anilines is 6. The van der Waals surface area contributed by atoms with E-state index in [9.17, 15) is 0 Å². The van der Waals surface area contributed by atoms with Crippen LogP contribution in [0.4, 0.5) is 34.1 Å². The number of hydrogen-bond acceptors (Lipinski definition) is 2. The van der Waals surface area contributed by atoms with Gasteiger partial charge in [0.15, 0.2) is 0 Å². The van der Waals surface area contributed by atoms with Gasteiger partial charge in [-0.15, -0.1) is 0 Å².